The molecule has 2 amide bonds. The number of β-lactam (4-membered cyclic amide) rings is 1. The fraction of sp³-hybridized carbons (Fsp3) is 0.273. The quantitative estimate of drug-likeness (QED) is 0.350. The SMILES string of the molecule is [N-]=[N+]=NC[C@@H]1NC(=O)[C@@H]1NC(=O)c1ccccc1. The molecule has 18 heavy (non-hydrogen) atoms. The lowest BCUT2D eigenvalue weighted by Crippen LogP contribution is -2.70. The predicted molar refractivity (Wildman–Crippen MR) is 63.6 cm³/mol. The van der Waals surface area contributed by atoms with Gasteiger partial charge in [0.25, 0.3) is 5.91 Å². The van der Waals surface area contributed by atoms with Gasteiger partial charge in [-0.1, -0.05) is 23.3 Å². The lowest BCUT2D eigenvalue weighted by atomic mass is 9.98. The summed E-state index contributed by atoms with van der Waals surface area (Å²) in [6.07, 6.45) is 0. The summed E-state index contributed by atoms with van der Waals surface area (Å²) in [7, 11) is 0. The zero-order valence-corrected chi connectivity index (χ0v) is 9.41. The van der Waals surface area contributed by atoms with Crippen LogP contribution in [-0.2, 0) is 4.79 Å². The van der Waals surface area contributed by atoms with Crippen LogP contribution in [0.25, 0.3) is 10.4 Å². The first-order valence-electron chi connectivity index (χ1n) is 5.39. The molecule has 2 N–H and O–H groups in total. The van der Waals surface area contributed by atoms with Crippen LogP contribution in [0.3, 0.4) is 0 Å². The van der Waals surface area contributed by atoms with Crippen molar-refractivity contribution in [3.8, 4) is 0 Å². The van der Waals surface area contributed by atoms with Crippen molar-refractivity contribution < 1.29 is 9.59 Å². The number of carbonyl (C=O) groups excluding carboxylic acids is 2. The number of amides is 2. The lowest BCUT2D eigenvalue weighted by Gasteiger charge is -2.36. The molecule has 1 aliphatic heterocycles. The minimum absolute atomic E-state index is 0.127. The molecule has 1 aromatic carbocycles. The van der Waals surface area contributed by atoms with Gasteiger partial charge in [0.15, 0.2) is 0 Å². The second kappa shape index (κ2) is 5.20. The Morgan fingerprint density at radius 2 is 2.17 bits per heavy atom. The number of benzene rings is 1. The van der Waals surface area contributed by atoms with Gasteiger partial charge in [-0.3, -0.25) is 9.59 Å². The fourth-order valence-corrected chi connectivity index (χ4v) is 1.70. The number of azide groups is 1. The van der Waals surface area contributed by atoms with Gasteiger partial charge in [0, 0.05) is 17.0 Å². The minimum Gasteiger partial charge on any atom is -0.349 e. The van der Waals surface area contributed by atoms with E-state index in [1.54, 1.807) is 30.3 Å². The van der Waals surface area contributed by atoms with Gasteiger partial charge in [-0.2, -0.15) is 0 Å². The zero-order valence-electron chi connectivity index (χ0n) is 9.41. The Bertz CT molecular complexity index is 509. The topological polar surface area (TPSA) is 107 Å². The van der Waals surface area contributed by atoms with E-state index in [-0.39, 0.29) is 24.4 Å². The monoisotopic (exact) mass is 245 g/mol. The van der Waals surface area contributed by atoms with Crippen LogP contribution in [0.2, 0.25) is 0 Å². The molecule has 0 bridgehead atoms. The first-order valence-corrected chi connectivity index (χ1v) is 5.39. The Morgan fingerprint density at radius 3 is 2.78 bits per heavy atom. The Morgan fingerprint density at radius 1 is 1.44 bits per heavy atom. The normalized spacial score (nSPS) is 21.2. The van der Waals surface area contributed by atoms with Crippen molar-refractivity contribution in [3.05, 3.63) is 46.3 Å². The Balaban J connectivity index is 1.98. The number of hydrogen-bond donors (Lipinski definition) is 2. The molecule has 0 aliphatic carbocycles. The number of hydrogen-bond acceptors (Lipinski definition) is 3. The van der Waals surface area contributed by atoms with Gasteiger partial charge in [0.05, 0.1) is 6.04 Å². The smallest absolute Gasteiger partial charge is 0.251 e. The first kappa shape index (κ1) is 11.9. The van der Waals surface area contributed by atoms with Crippen molar-refractivity contribution in [2.75, 3.05) is 6.54 Å². The van der Waals surface area contributed by atoms with Crippen LogP contribution in [0, 0.1) is 0 Å². The molecule has 1 aromatic rings. The van der Waals surface area contributed by atoms with Crippen LogP contribution >= 0.6 is 0 Å². The van der Waals surface area contributed by atoms with Crippen molar-refractivity contribution in [3.63, 3.8) is 0 Å². The molecular formula is C11H11N5O2. The summed E-state index contributed by atoms with van der Waals surface area (Å²) >= 11 is 0. The van der Waals surface area contributed by atoms with Crippen LogP contribution in [0.1, 0.15) is 10.4 Å². The number of nitrogens with one attached hydrogen (secondary N) is 2. The molecule has 0 radical (unpaired) electrons. The van der Waals surface area contributed by atoms with Crippen LogP contribution in [-0.4, -0.2) is 30.4 Å². The van der Waals surface area contributed by atoms with Gasteiger partial charge in [-0.15, -0.1) is 0 Å². The summed E-state index contributed by atoms with van der Waals surface area (Å²) < 4.78 is 0. The third kappa shape index (κ3) is 2.41. The van der Waals surface area contributed by atoms with E-state index in [9.17, 15) is 9.59 Å². The van der Waals surface area contributed by atoms with Crippen LogP contribution in [0.15, 0.2) is 35.4 Å². The Labute approximate surface area is 103 Å². The van der Waals surface area contributed by atoms with Crippen molar-refractivity contribution in [1.82, 2.24) is 10.6 Å². The highest BCUT2D eigenvalue weighted by Gasteiger charge is 2.39. The third-order valence-electron chi connectivity index (χ3n) is 2.68. The maximum atomic E-state index is 11.8. The van der Waals surface area contributed by atoms with Gasteiger partial charge in [0.1, 0.15) is 6.04 Å². The first-order chi connectivity index (χ1) is 8.72. The van der Waals surface area contributed by atoms with Crippen molar-refractivity contribution in [2.24, 2.45) is 5.11 Å². The van der Waals surface area contributed by atoms with Gasteiger partial charge in [0.2, 0.25) is 5.91 Å². The summed E-state index contributed by atoms with van der Waals surface area (Å²) in [5, 5.41) is 8.55. The zero-order chi connectivity index (χ0) is 13.0. The molecule has 0 saturated carbocycles. The van der Waals surface area contributed by atoms with Crippen LogP contribution in [0.4, 0.5) is 0 Å². The summed E-state index contributed by atoms with van der Waals surface area (Å²) in [4.78, 5) is 25.7. The molecule has 0 spiro atoms. The van der Waals surface area contributed by atoms with E-state index in [1.807, 2.05) is 0 Å². The van der Waals surface area contributed by atoms with Crippen LogP contribution in [0.5, 0.6) is 0 Å². The molecule has 92 valence electrons. The Hall–Kier alpha value is -2.53. The van der Waals surface area contributed by atoms with E-state index in [4.69, 9.17) is 5.53 Å². The molecule has 1 heterocycles. The predicted octanol–water partition coefficient (Wildman–Crippen LogP) is 0.594. The maximum Gasteiger partial charge on any atom is 0.251 e. The van der Waals surface area contributed by atoms with E-state index < -0.39 is 6.04 Å². The van der Waals surface area contributed by atoms with E-state index in [0.717, 1.165) is 0 Å². The molecule has 1 saturated heterocycles. The number of nitrogens with zero attached hydrogens (tertiary/aromatic N) is 3. The van der Waals surface area contributed by atoms with Gasteiger partial charge >= 0.3 is 0 Å². The highest BCUT2D eigenvalue weighted by molar-refractivity contribution is 5.99. The third-order valence-corrected chi connectivity index (χ3v) is 2.68. The molecule has 2 atom stereocenters. The molecule has 7 heteroatoms. The average Bonchev–Trinajstić information content (AvgIpc) is 2.41. The second-order valence-corrected chi connectivity index (χ2v) is 3.85. The Kier molecular flexibility index (Phi) is 3.45. The highest BCUT2D eigenvalue weighted by atomic mass is 16.2. The van der Waals surface area contributed by atoms with Gasteiger partial charge < -0.3 is 10.6 Å². The van der Waals surface area contributed by atoms with E-state index in [2.05, 4.69) is 20.7 Å². The summed E-state index contributed by atoms with van der Waals surface area (Å²) in [5.74, 6) is -0.584. The molecule has 1 aliphatic rings. The highest BCUT2D eigenvalue weighted by Crippen LogP contribution is 2.08. The number of carbonyl (C=O) groups is 2. The minimum atomic E-state index is -0.636. The van der Waals surface area contributed by atoms with Gasteiger partial charge in [-0.25, -0.2) is 0 Å². The second-order valence-electron chi connectivity index (χ2n) is 3.85. The molecule has 0 aromatic heterocycles. The average molecular weight is 245 g/mol. The summed E-state index contributed by atoms with van der Waals surface area (Å²) in [6, 6.07) is 7.64. The van der Waals surface area contributed by atoms with E-state index >= 15 is 0 Å². The van der Waals surface area contributed by atoms with Gasteiger partial charge in [-0.05, 0) is 17.7 Å². The van der Waals surface area contributed by atoms with E-state index in [0.29, 0.717) is 5.56 Å². The molecule has 1 fully saturated rings. The lowest BCUT2D eigenvalue weighted by molar-refractivity contribution is -0.131. The van der Waals surface area contributed by atoms with E-state index in [1.165, 1.54) is 0 Å². The standard InChI is InChI=1S/C11H11N5O2/c12-16-13-6-8-9(11(18)14-8)15-10(17)7-4-2-1-3-5-7/h1-5,8-9H,6H2,(H,14,18)(H,15,17)/t8-,9+/m0/s1. The number of rotatable bonds is 4. The molecule has 2 rings (SSSR count). The largest absolute Gasteiger partial charge is 0.349 e. The molecule has 0 unspecified atom stereocenters. The maximum absolute atomic E-state index is 11.8. The van der Waals surface area contributed by atoms with Crippen LogP contribution < -0.4 is 10.6 Å². The molecule has 7 nitrogen and oxygen atoms in total. The summed E-state index contributed by atoms with van der Waals surface area (Å²) in [6.45, 7) is 0.127. The molecular weight excluding hydrogens is 234 g/mol. The van der Waals surface area contributed by atoms with Crippen molar-refractivity contribution in [1.29, 1.82) is 0 Å². The van der Waals surface area contributed by atoms with Crippen molar-refractivity contribution >= 4 is 11.8 Å². The van der Waals surface area contributed by atoms with Crippen molar-refractivity contribution in [2.45, 2.75) is 12.1 Å². The summed E-state index contributed by atoms with van der Waals surface area (Å²) in [5.41, 5.74) is 8.69. The fourth-order valence-electron chi connectivity index (χ4n) is 1.70.